The first kappa shape index (κ1) is 20.9. The molecule has 0 radical (unpaired) electrons. The average Bonchev–Trinajstić information content (AvgIpc) is 2.68. The first-order valence-electron chi connectivity index (χ1n) is 8.45. The van der Waals surface area contributed by atoms with Crippen molar-refractivity contribution in [1.82, 2.24) is 9.55 Å². The van der Waals surface area contributed by atoms with Crippen molar-refractivity contribution in [3.8, 4) is 17.1 Å². The third kappa shape index (κ3) is 4.28. The third-order valence-electron chi connectivity index (χ3n) is 4.36. The number of alkyl halides is 3. The van der Waals surface area contributed by atoms with Gasteiger partial charge in [-0.2, -0.15) is 18.2 Å². The highest BCUT2D eigenvalue weighted by atomic mass is 35.5. The van der Waals surface area contributed by atoms with Crippen LogP contribution in [0.4, 0.5) is 13.2 Å². The van der Waals surface area contributed by atoms with Gasteiger partial charge < -0.3 is 14.4 Å². The fourth-order valence-electron chi connectivity index (χ4n) is 2.92. The molecule has 0 aliphatic rings. The third-order valence-corrected chi connectivity index (χ3v) is 4.76. The molecule has 2 aromatic carbocycles. The van der Waals surface area contributed by atoms with Crippen molar-refractivity contribution in [2.75, 3.05) is 7.11 Å². The van der Waals surface area contributed by atoms with E-state index in [4.69, 9.17) is 16.3 Å². The van der Waals surface area contributed by atoms with Crippen LogP contribution >= 0.6 is 11.6 Å². The lowest BCUT2D eigenvalue weighted by Crippen LogP contribution is -2.18. The van der Waals surface area contributed by atoms with Gasteiger partial charge in [0.15, 0.2) is 0 Å². The summed E-state index contributed by atoms with van der Waals surface area (Å²) in [5, 5.41) is 9.00. The monoisotopic (exact) mass is 424 g/mol. The molecule has 1 N–H and O–H groups in total. The van der Waals surface area contributed by atoms with E-state index in [0.717, 1.165) is 6.07 Å². The Labute approximate surface area is 169 Å². The van der Waals surface area contributed by atoms with E-state index in [-0.39, 0.29) is 30.3 Å². The maximum atomic E-state index is 13.3. The van der Waals surface area contributed by atoms with E-state index in [9.17, 15) is 23.1 Å². The summed E-state index contributed by atoms with van der Waals surface area (Å²) < 4.78 is 46.3. The number of rotatable bonds is 5. The van der Waals surface area contributed by atoms with Crippen LogP contribution in [0.1, 0.15) is 16.7 Å². The van der Waals surface area contributed by atoms with Crippen molar-refractivity contribution in [3.63, 3.8) is 0 Å². The summed E-state index contributed by atoms with van der Waals surface area (Å²) in [6.07, 6.45) is -3.30. The molecule has 0 fully saturated rings. The number of methoxy groups -OCH3 is 1. The van der Waals surface area contributed by atoms with Crippen molar-refractivity contribution in [2.45, 2.75) is 19.3 Å². The molecule has 0 saturated carbocycles. The average molecular weight is 425 g/mol. The molecule has 1 heterocycles. The Bertz CT molecular complexity index is 1100. The molecule has 0 bridgehead atoms. The standard InChI is InChI=1S/C20H16ClF3N2O3/c1-29-16-10-26(9-12-5-2-3-6-13(12)11-27)18(25-19(16)28)14-7-4-8-15(17(14)21)20(22,23)24/h2-8,10,27H,9,11H2,1H3. The maximum Gasteiger partial charge on any atom is 0.417 e. The van der Waals surface area contributed by atoms with E-state index in [2.05, 4.69) is 4.98 Å². The molecule has 0 atom stereocenters. The SMILES string of the molecule is COc1cn(Cc2ccccc2CO)c(-c2cccc(C(F)(F)F)c2Cl)nc1=O. The molecule has 3 rings (SSSR count). The molecular weight excluding hydrogens is 409 g/mol. The van der Waals surface area contributed by atoms with Gasteiger partial charge in [-0.05, 0) is 23.3 Å². The number of hydrogen-bond acceptors (Lipinski definition) is 4. The minimum Gasteiger partial charge on any atom is -0.490 e. The minimum absolute atomic E-state index is 0.0391. The number of ether oxygens (including phenoxy) is 1. The Hall–Kier alpha value is -2.84. The molecule has 0 amide bonds. The second-order valence-electron chi connectivity index (χ2n) is 6.16. The number of aromatic nitrogens is 2. The van der Waals surface area contributed by atoms with Crippen molar-refractivity contribution in [2.24, 2.45) is 0 Å². The molecular formula is C20H16ClF3N2O3. The van der Waals surface area contributed by atoms with E-state index in [1.54, 1.807) is 24.3 Å². The summed E-state index contributed by atoms with van der Waals surface area (Å²) in [6.45, 7) is -0.0944. The Morgan fingerprint density at radius 3 is 2.45 bits per heavy atom. The van der Waals surface area contributed by atoms with E-state index < -0.39 is 22.3 Å². The van der Waals surface area contributed by atoms with Crippen molar-refractivity contribution in [1.29, 1.82) is 0 Å². The van der Waals surface area contributed by atoms with E-state index >= 15 is 0 Å². The van der Waals surface area contributed by atoms with Crippen LogP contribution in [0.15, 0.2) is 53.5 Å². The number of benzene rings is 2. The Balaban J connectivity index is 2.22. The highest BCUT2D eigenvalue weighted by Crippen LogP contribution is 2.39. The summed E-state index contributed by atoms with van der Waals surface area (Å²) in [5.74, 6) is -0.113. The van der Waals surface area contributed by atoms with E-state index in [0.29, 0.717) is 11.1 Å². The van der Waals surface area contributed by atoms with Gasteiger partial charge in [0, 0.05) is 12.1 Å². The second kappa shape index (κ2) is 8.26. The fourth-order valence-corrected chi connectivity index (χ4v) is 3.24. The molecule has 3 aromatic rings. The van der Waals surface area contributed by atoms with Crippen LogP contribution in [0.5, 0.6) is 5.75 Å². The predicted octanol–water partition coefficient (Wildman–Crippen LogP) is 4.13. The summed E-state index contributed by atoms with van der Waals surface area (Å²) in [7, 11) is 1.29. The first-order valence-corrected chi connectivity index (χ1v) is 8.83. The topological polar surface area (TPSA) is 64.3 Å². The van der Waals surface area contributed by atoms with Crippen molar-refractivity contribution < 1.29 is 23.0 Å². The largest absolute Gasteiger partial charge is 0.490 e. The number of nitrogens with zero attached hydrogens (tertiary/aromatic N) is 2. The van der Waals surface area contributed by atoms with E-state index in [1.165, 1.54) is 30.0 Å². The van der Waals surface area contributed by atoms with Gasteiger partial charge in [-0.3, -0.25) is 4.79 Å². The lowest BCUT2D eigenvalue weighted by molar-refractivity contribution is -0.137. The van der Waals surface area contributed by atoms with Crippen LogP contribution in [0, 0.1) is 0 Å². The number of aliphatic hydroxyl groups is 1. The molecule has 0 aliphatic heterocycles. The van der Waals surface area contributed by atoms with Gasteiger partial charge in [0.25, 0.3) is 0 Å². The first-order chi connectivity index (χ1) is 13.8. The van der Waals surface area contributed by atoms with Crippen LogP contribution in [0.2, 0.25) is 5.02 Å². The van der Waals surface area contributed by atoms with Crippen LogP contribution < -0.4 is 10.3 Å². The highest BCUT2D eigenvalue weighted by molar-refractivity contribution is 6.34. The molecule has 29 heavy (non-hydrogen) atoms. The quantitative estimate of drug-likeness (QED) is 0.669. The molecule has 5 nitrogen and oxygen atoms in total. The lowest BCUT2D eigenvalue weighted by atomic mass is 10.1. The van der Waals surface area contributed by atoms with Crippen LogP contribution in [0.3, 0.4) is 0 Å². The van der Waals surface area contributed by atoms with Crippen molar-refractivity contribution in [3.05, 3.63) is 80.7 Å². The lowest BCUT2D eigenvalue weighted by Gasteiger charge is -2.18. The summed E-state index contributed by atoms with van der Waals surface area (Å²) in [5.41, 5.74) is -0.465. The van der Waals surface area contributed by atoms with Gasteiger partial charge in [-0.25, -0.2) is 0 Å². The molecule has 152 valence electrons. The number of aliphatic hydroxyl groups excluding tert-OH is 1. The van der Waals surface area contributed by atoms with Gasteiger partial charge in [-0.1, -0.05) is 41.9 Å². The zero-order valence-corrected chi connectivity index (χ0v) is 16.0. The fraction of sp³-hybridized carbons (Fsp3) is 0.200. The molecule has 0 saturated heterocycles. The Morgan fingerprint density at radius 2 is 1.83 bits per heavy atom. The second-order valence-corrected chi connectivity index (χ2v) is 6.54. The normalized spacial score (nSPS) is 11.5. The smallest absolute Gasteiger partial charge is 0.417 e. The summed E-state index contributed by atoms with van der Waals surface area (Å²) in [6, 6.07) is 10.4. The predicted molar refractivity (Wildman–Crippen MR) is 102 cm³/mol. The maximum absolute atomic E-state index is 13.3. The van der Waals surface area contributed by atoms with E-state index in [1.807, 2.05) is 0 Å². The number of hydrogen-bond donors (Lipinski definition) is 1. The summed E-state index contributed by atoms with van der Waals surface area (Å²) >= 11 is 6.04. The van der Waals surface area contributed by atoms with Crippen LogP contribution in [-0.2, 0) is 19.3 Å². The van der Waals surface area contributed by atoms with Gasteiger partial charge in [-0.15, -0.1) is 0 Å². The Morgan fingerprint density at radius 1 is 1.14 bits per heavy atom. The molecule has 0 unspecified atom stereocenters. The van der Waals surface area contributed by atoms with Crippen LogP contribution in [-0.4, -0.2) is 21.8 Å². The summed E-state index contributed by atoms with van der Waals surface area (Å²) in [4.78, 5) is 16.1. The van der Waals surface area contributed by atoms with Gasteiger partial charge >= 0.3 is 11.7 Å². The molecule has 0 spiro atoms. The Kier molecular flexibility index (Phi) is 5.95. The molecule has 9 heteroatoms. The highest BCUT2D eigenvalue weighted by Gasteiger charge is 2.34. The van der Waals surface area contributed by atoms with Crippen LogP contribution in [0.25, 0.3) is 11.4 Å². The molecule has 0 aliphatic carbocycles. The number of halogens is 4. The zero-order chi connectivity index (χ0) is 21.2. The van der Waals surface area contributed by atoms with Gasteiger partial charge in [0.05, 0.1) is 30.5 Å². The van der Waals surface area contributed by atoms with Crippen molar-refractivity contribution >= 4 is 11.6 Å². The van der Waals surface area contributed by atoms with Gasteiger partial charge in [0.1, 0.15) is 5.82 Å². The minimum atomic E-state index is -4.66. The van der Waals surface area contributed by atoms with Gasteiger partial charge in [0.2, 0.25) is 5.75 Å². The molecule has 1 aromatic heterocycles. The zero-order valence-electron chi connectivity index (χ0n) is 15.2.